The first-order valence-electron chi connectivity index (χ1n) is 6.07. The fraction of sp³-hybridized carbons (Fsp3) is 0.571. The predicted octanol–water partition coefficient (Wildman–Crippen LogP) is 4.26. The molecule has 0 spiro atoms. The number of nitrogens with zero attached hydrogens (tertiary/aromatic N) is 1. The molecular formula is C14H20N2O2S. The second kappa shape index (κ2) is 5.22. The number of hydrogen-bond donors (Lipinski definition) is 1. The number of carbonyl (C=O) groups excluding carboxylic acids is 1. The Bertz CT molecular complexity index is 513. The first kappa shape index (κ1) is 15.5. The van der Waals surface area contributed by atoms with Gasteiger partial charge in [0, 0.05) is 4.88 Å². The predicted molar refractivity (Wildman–Crippen MR) is 77.6 cm³/mol. The number of carbonyl (C=O) groups is 1. The van der Waals surface area contributed by atoms with Gasteiger partial charge in [-0.3, -0.25) is 5.32 Å². The summed E-state index contributed by atoms with van der Waals surface area (Å²) in [4.78, 5) is 12.8. The van der Waals surface area contributed by atoms with E-state index in [1.165, 1.54) is 11.3 Å². The zero-order valence-corrected chi connectivity index (χ0v) is 13.1. The van der Waals surface area contributed by atoms with Crippen LogP contribution < -0.4 is 5.32 Å². The lowest BCUT2D eigenvalue weighted by Gasteiger charge is -2.19. The van der Waals surface area contributed by atoms with Crippen molar-refractivity contribution in [3.8, 4) is 6.07 Å². The van der Waals surface area contributed by atoms with Gasteiger partial charge < -0.3 is 4.74 Å². The Morgan fingerprint density at radius 3 is 2.32 bits per heavy atom. The zero-order chi connectivity index (χ0) is 14.8. The molecule has 0 aliphatic carbocycles. The van der Waals surface area contributed by atoms with Gasteiger partial charge in [-0.15, -0.1) is 11.3 Å². The van der Waals surface area contributed by atoms with E-state index in [4.69, 9.17) is 10.00 Å². The Balaban J connectivity index is 2.93. The summed E-state index contributed by atoms with van der Waals surface area (Å²) >= 11 is 1.41. The van der Waals surface area contributed by atoms with Crippen molar-refractivity contribution in [2.75, 3.05) is 5.32 Å². The quantitative estimate of drug-likeness (QED) is 0.835. The summed E-state index contributed by atoms with van der Waals surface area (Å²) in [5.74, 6) is 0. The number of amides is 1. The lowest BCUT2D eigenvalue weighted by molar-refractivity contribution is 0.0636. The highest BCUT2D eigenvalue weighted by Crippen LogP contribution is 2.35. The molecule has 1 N–H and O–H groups in total. The number of anilines is 1. The van der Waals surface area contributed by atoms with Gasteiger partial charge in [0.2, 0.25) is 0 Å². The van der Waals surface area contributed by atoms with Gasteiger partial charge in [-0.2, -0.15) is 5.26 Å². The molecule has 0 radical (unpaired) electrons. The van der Waals surface area contributed by atoms with Crippen LogP contribution in [-0.2, 0) is 10.2 Å². The van der Waals surface area contributed by atoms with E-state index in [1.54, 1.807) is 20.8 Å². The number of ether oxygens (including phenoxy) is 1. The van der Waals surface area contributed by atoms with Crippen molar-refractivity contribution in [3.05, 3.63) is 16.5 Å². The van der Waals surface area contributed by atoms with Crippen LogP contribution in [-0.4, -0.2) is 11.7 Å². The van der Waals surface area contributed by atoms with Crippen LogP contribution in [0.5, 0.6) is 0 Å². The average Bonchev–Trinajstić information content (AvgIpc) is 2.57. The Hall–Kier alpha value is -1.54. The first-order chi connectivity index (χ1) is 8.53. The Kier molecular flexibility index (Phi) is 4.26. The van der Waals surface area contributed by atoms with Crippen LogP contribution in [0.1, 0.15) is 52.0 Å². The monoisotopic (exact) mass is 280 g/mol. The van der Waals surface area contributed by atoms with Crippen molar-refractivity contribution in [2.45, 2.75) is 52.6 Å². The fourth-order valence-electron chi connectivity index (χ4n) is 1.33. The molecule has 0 fully saturated rings. The summed E-state index contributed by atoms with van der Waals surface area (Å²) in [6.45, 7) is 11.6. The molecule has 19 heavy (non-hydrogen) atoms. The smallest absolute Gasteiger partial charge is 0.412 e. The maximum atomic E-state index is 11.7. The van der Waals surface area contributed by atoms with Crippen LogP contribution >= 0.6 is 11.3 Å². The summed E-state index contributed by atoms with van der Waals surface area (Å²) in [7, 11) is 0. The number of rotatable bonds is 1. The van der Waals surface area contributed by atoms with E-state index in [0.717, 1.165) is 4.88 Å². The lowest BCUT2D eigenvalue weighted by atomic mass is 9.94. The second-order valence-electron chi connectivity index (χ2n) is 6.34. The molecule has 0 bridgehead atoms. The molecule has 1 heterocycles. The van der Waals surface area contributed by atoms with E-state index in [-0.39, 0.29) is 5.41 Å². The molecule has 104 valence electrons. The van der Waals surface area contributed by atoms with Crippen LogP contribution in [0.2, 0.25) is 0 Å². The molecule has 0 saturated heterocycles. The first-order valence-corrected chi connectivity index (χ1v) is 6.89. The summed E-state index contributed by atoms with van der Waals surface area (Å²) in [5, 5.41) is 12.3. The van der Waals surface area contributed by atoms with Gasteiger partial charge in [0.25, 0.3) is 0 Å². The Morgan fingerprint density at radius 2 is 1.89 bits per heavy atom. The molecular weight excluding hydrogens is 260 g/mol. The second-order valence-corrected chi connectivity index (χ2v) is 7.39. The third-order valence-corrected chi connectivity index (χ3v) is 3.68. The van der Waals surface area contributed by atoms with Gasteiger partial charge in [-0.05, 0) is 32.3 Å². The van der Waals surface area contributed by atoms with E-state index in [0.29, 0.717) is 10.6 Å². The van der Waals surface area contributed by atoms with E-state index in [2.05, 4.69) is 32.2 Å². The van der Waals surface area contributed by atoms with Crippen LogP contribution in [0.3, 0.4) is 0 Å². The standard InChI is InChI=1S/C14H20N2O2S/c1-13(2,3)10-7-9(8-15)11(19-10)16-12(17)18-14(4,5)6/h7H,1-6H3,(H,16,17). The van der Waals surface area contributed by atoms with Crippen molar-refractivity contribution >= 4 is 22.4 Å². The summed E-state index contributed by atoms with van der Waals surface area (Å²) in [6.07, 6.45) is -0.536. The molecule has 0 aromatic carbocycles. The van der Waals surface area contributed by atoms with Crippen molar-refractivity contribution in [3.63, 3.8) is 0 Å². The topological polar surface area (TPSA) is 62.1 Å². The van der Waals surface area contributed by atoms with Crippen LogP contribution in [0.15, 0.2) is 6.07 Å². The van der Waals surface area contributed by atoms with Crippen LogP contribution in [0.4, 0.5) is 9.80 Å². The number of nitrogens with one attached hydrogen (secondary N) is 1. The minimum atomic E-state index is -0.555. The van der Waals surface area contributed by atoms with Crippen LogP contribution in [0, 0.1) is 11.3 Å². The van der Waals surface area contributed by atoms with Crippen molar-refractivity contribution < 1.29 is 9.53 Å². The van der Waals surface area contributed by atoms with Gasteiger partial charge in [0.05, 0.1) is 5.56 Å². The molecule has 1 amide bonds. The van der Waals surface area contributed by atoms with Gasteiger partial charge >= 0.3 is 6.09 Å². The summed E-state index contributed by atoms with van der Waals surface area (Å²) < 4.78 is 5.18. The van der Waals surface area contributed by atoms with E-state index >= 15 is 0 Å². The van der Waals surface area contributed by atoms with Gasteiger partial charge in [0.1, 0.15) is 16.7 Å². The average molecular weight is 280 g/mol. The number of nitriles is 1. The maximum absolute atomic E-state index is 11.7. The molecule has 4 nitrogen and oxygen atoms in total. The lowest BCUT2D eigenvalue weighted by Crippen LogP contribution is -2.27. The zero-order valence-electron chi connectivity index (χ0n) is 12.2. The van der Waals surface area contributed by atoms with E-state index in [1.807, 2.05) is 6.07 Å². The molecule has 0 aliphatic heterocycles. The highest BCUT2D eigenvalue weighted by Gasteiger charge is 2.22. The minimum absolute atomic E-state index is 0.0515. The molecule has 1 rings (SSSR count). The van der Waals surface area contributed by atoms with Crippen molar-refractivity contribution in [1.82, 2.24) is 0 Å². The SMILES string of the molecule is CC(C)(C)OC(=O)Nc1sc(C(C)(C)C)cc1C#N. The molecule has 0 saturated carbocycles. The third kappa shape index (κ3) is 4.56. The molecule has 0 unspecified atom stereocenters. The molecule has 1 aromatic rings. The normalized spacial score (nSPS) is 11.8. The van der Waals surface area contributed by atoms with Crippen molar-refractivity contribution in [2.24, 2.45) is 0 Å². The van der Waals surface area contributed by atoms with Gasteiger partial charge in [0.15, 0.2) is 0 Å². The number of thiophene rings is 1. The summed E-state index contributed by atoms with van der Waals surface area (Å²) in [6, 6.07) is 3.91. The number of hydrogen-bond acceptors (Lipinski definition) is 4. The van der Waals surface area contributed by atoms with E-state index in [9.17, 15) is 4.79 Å². The summed E-state index contributed by atoms with van der Waals surface area (Å²) in [5.41, 5.74) is -0.133. The van der Waals surface area contributed by atoms with Crippen LogP contribution in [0.25, 0.3) is 0 Å². The largest absolute Gasteiger partial charge is 0.444 e. The van der Waals surface area contributed by atoms with Crippen molar-refractivity contribution in [1.29, 1.82) is 5.26 Å². The molecule has 1 aromatic heterocycles. The fourth-order valence-corrected chi connectivity index (χ4v) is 2.38. The minimum Gasteiger partial charge on any atom is -0.444 e. The Morgan fingerprint density at radius 1 is 1.32 bits per heavy atom. The third-order valence-electron chi connectivity index (χ3n) is 2.21. The molecule has 5 heteroatoms. The molecule has 0 atom stereocenters. The Labute approximate surface area is 118 Å². The van der Waals surface area contributed by atoms with E-state index < -0.39 is 11.7 Å². The molecule has 0 aliphatic rings. The highest BCUT2D eigenvalue weighted by molar-refractivity contribution is 7.16. The van der Waals surface area contributed by atoms with Gasteiger partial charge in [-0.1, -0.05) is 20.8 Å². The van der Waals surface area contributed by atoms with Gasteiger partial charge in [-0.25, -0.2) is 4.79 Å². The maximum Gasteiger partial charge on any atom is 0.412 e. The highest BCUT2D eigenvalue weighted by atomic mass is 32.1.